The summed E-state index contributed by atoms with van der Waals surface area (Å²) in [4.78, 5) is 13.6. The third-order valence-corrected chi connectivity index (χ3v) is 3.59. The first-order chi connectivity index (χ1) is 8.66. The minimum absolute atomic E-state index is 0.187. The van der Waals surface area contributed by atoms with Crippen LogP contribution in [0, 0.1) is 0 Å². The molecule has 0 spiro atoms. The lowest BCUT2D eigenvalue weighted by molar-refractivity contribution is -0.119. The van der Waals surface area contributed by atoms with Crippen LogP contribution in [0.25, 0.3) is 0 Å². The van der Waals surface area contributed by atoms with Crippen LogP contribution >= 0.6 is 11.9 Å². The molecule has 4 heteroatoms. The number of rotatable bonds is 12. The Kier molecular flexibility index (Phi) is 13.1. The molecule has 0 radical (unpaired) electrons. The van der Waals surface area contributed by atoms with Gasteiger partial charge < -0.3 is 9.62 Å². The number of nitrogens with zero attached hydrogens (tertiary/aromatic N) is 1. The summed E-state index contributed by atoms with van der Waals surface area (Å²) in [5.74, 6) is 1.14. The Bertz CT molecular complexity index is 198. The Morgan fingerprint density at radius 2 is 1.67 bits per heavy atom. The maximum Gasteiger partial charge on any atom is 0.229 e. The SMILES string of the molecule is CCCCCCCCCC(=O)NSCCN(C)C. The van der Waals surface area contributed by atoms with Crippen LogP contribution < -0.4 is 4.72 Å². The van der Waals surface area contributed by atoms with Gasteiger partial charge in [0.1, 0.15) is 0 Å². The highest BCUT2D eigenvalue weighted by atomic mass is 32.2. The first-order valence-electron chi connectivity index (χ1n) is 7.22. The molecule has 1 N–H and O–H groups in total. The van der Waals surface area contributed by atoms with Gasteiger partial charge in [0.15, 0.2) is 0 Å². The number of hydrogen-bond acceptors (Lipinski definition) is 3. The Hall–Kier alpha value is -0.220. The molecule has 0 aromatic heterocycles. The molecule has 0 aromatic carbocycles. The zero-order valence-electron chi connectivity index (χ0n) is 12.3. The number of amides is 1. The Morgan fingerprint density at radius 1 is 1.06 bits per heavy atom. The van der Waals surface area contributed by atoms with E-state index >= 15 is 0 Å². The largest absolute Gasteiger partial charge is 0.309 e. The van der Waals surface area contributed by atoms with Crippen molar-refractivity contribution in [1.29, 1.82) is 0 Å². The number of carbonyl (C=O) groups is 1. The molecule has 0 aromatic rings. The Labute approximate surface area is 117 Å². The van der Waals surface area contributed by atoms with Gasteiger partial charge in [-0.2, -0.15) is 0 Å². The molecule has 0 aliphatic heterocycles. The molecule has 1 amide bonds. The second kappa shape index (κ2) is 13.2. The fourth-order valence-electron chi connectivity index (χ4n) is 1.65. The van der Waals surface area contributed by atoms with Gasteiger partial charge in [0.2, 0.25) is 5.91 Å². The summed E-state index contributed by atoms with van der Waals surface area (Å²) >= 11 is 1.52. The van der Waals surface area contributed by atoms with Crippen LogP contribution in [0.3, 0.4) is 0 Å². The van der Waals surface area contributed by atoms with Crippen molar-refractivity contribution in [2.45, 2.75) is 58.3 Å². The van der Waals surface area contributed by atoms with Crippen molar-refractivity contribution < 1.29 is 4.79 Å². The van der Waals surface area contributed by atoms with E-state index in [4.69, 9.17) is 0 Å². The Morgan fingerprint density at radius 3 is 2.28 bits per heavy atom. The van der Waals surface area contributed by atoms with Crippen LogP contribution in [0.1, 0.15) is 58.3 Å². The molecular formula is C14H30N2OS. The van der Waals surface area contributed by atoms with Gasteiger partial charge in [0.05, 0.1) is 0 Å². The quantitative estimate of drug-likeness (QED) is 0.437. The molecule has 0 aliphatic carbocycles. The number of carbonyl (C=O) groups excluding carboxylic acids is 1. The smallest absolute Gasteiger partial charge is 0.229 e. The Balaban J connectivity index is 3.17. The van der Waals surface area contributed by atoms with Gasteiger partial charge in [0, 0.05) is 18.7 Å². The van der Waals surface area contributed by atoms with E-state index in [0.29, 0.717) is 6.42 Å². The summed E-state index contributed by atoms with van der Waals surface area (Å²) < 4.78 is 2.90. The third kappa shape index (κ3) is 13.8. The minimum atomic E-state index is 0.187. The number of hydrogen-bond donors (Lipinski definition) is 1. The zero-order valence-corrected chi connectivity index (χ0v) is 13.2. The van der Waals surface area contributed by atoms with E-state index in [1.165, 1.54) is 50.5 Å². The average Bonchev–Trinajstić information content (AvgIpc) is 2.33. The van der Waals surface area contributed by atoms with Crippen molar-refractivity contribution in [2.75, 3.05) is 26.4 Å². The van der Waals surface area contributed by atoms with Crippen molar-refractivity contribution >= 4 is 17.9 Å². The highest BCUT2D eigenvalue weighted by molar-refractivity contribution is 7.97. The highest BCUT2D eigenvalue weighted by Crippen LogP contribution is 2.08. The van der Waals surface area contributed by atoms with Gasteiger partial charge in [-0.15, -0.1) is 0 Å². The van der Waals surface area contributed by atoms with Crippen LogP contribution in [0.2, 0.25) is 0 Å². The van der Waals surface area contributed by atoms with Crippen LogP contribution in [0.4, 0.5) is 0 Å². The minimum Gasteiger partial charge on any atom is -0.309 e. The van der Waals surface area contributed by atoms with E-state index in [-0.39, 0.29) is 5.91 Å². The molecule has 0 fully saturated rings. The third-order valence-electron chi connectivity index (χ3n) is 2.83. The summed E-state index contributed by atoms with van der Waals surface area (Å²) in [6, 6.07) is 0. The average molecular weight is 274 g/mol. The van der Waals surface area contributed by atoms with Crippen molar-refractivity contribution in [3.05, 3.63) is 0 Å². The monoisotopic (exact) mass is 274 g/mol. The highest BCUT2D eigenvalue weighted by Gasteiger charge is 2.01. The summed E-state index contributed by atoms with van der Waals surface area (Å²) in [5, 5.41) is 0. The second-order valence-corrected chi connectivity index (χ2v) is 5.95. The van der Waals surface area contributed by atoms with E-state index in [1.54, 1.807) is 0 Å². The first-order valence-corrected chi connectivity index (χ1v) is 8.20. The normalized spacial score (nSPS) is 10.9. The predicted octanol–water partition coefficient (Wildman–Crippen LogP) is 3.45. The van der Waals surface area contributed by atoms with E-state index in [1.807, 2.05) is 14.1 Å². The lowest BCUT2D eigenvalue weighted by Gasteiger charge is -2.09. The fraction of sp³-hybridized carbons (Fsp3) is 0.929. The summed E-state index contributed by atoms with van der Waals surface area (Å²) in [6.07, 6.45) is 9.52. The van der Waals surface area contributed by atoms with Gasteiger partial charge in [-0.1, -0.05) is 45.4 Å². The molecule has 0 unspecified atom stereocenters. The summed E-state index contributed by atoms with van der Waals surface area (Å²) in [7, 11) is 4.09. The van der Waals surface area contributed by atoms with Crippen molar-refractivity contribution in [3.63, 3.8) is 0 Å². The molecule has 0 saturated heterocycles. The van der Waals surface area contributed by atoms with Crippen LogP contribution in [0.5, 0.6) is 0 Å². The molecule has 0 bridgehead atoms. The molecule has 0 rings (SSSR count). The molecule has 108 valence electrons. The van der Waals surface area contributed by atoms with E-state index in [9.17, 15) is 4.79 Å². The molecule has 0 atom stereocenters. The van der Waals surface area contributed by atoms with Crippen molar-refractivity contribution in [3.8, 4) is 0 Å². The fourth-order valence-corrected chi connectivity index (χ4v) is 2.47. The maximum absolute atomic E-state index is 11.5. The standard InChI is InChI=1S/C14H30N2OS/c1-4-5-6-7-8-9-10-11-14(17)15-18-13-12-16(2)3/h4-13H2,1-3H3,(H,15,17). The molecular weight excluding hydrogens is 244 g/mol. The first kappa shape index (κ1) is 17.8. The van der Waals surface area contributed by atoms with Crippen LogP contribution in [0.15, 0.2) is 0 Å². The zero-order chi connectivity index (χ0) is 13.6. The van der Waals surface area contributed by atoms with E-state index in [0.717, 1.165) is 18.7 Å². The van der Waals surface area contributed by atoms with Gasteiger partial charge in [-0.05, 0) is 32.5 Å². The van der Waals surface area contributed by atoms with Crippen molar-refractivity contribution in [2.24, 2.45) is 0 Å². The second-order valence-electron chi connectivity index (χ2n) is 5.05. The van der Waals surface area contributed by atoms with Gasteiger partial charge in [0.25, 0.3) is 0 Å². The summed E-state index contributed by atoms with van der Waals surface area (Å²) in [6.45, 7) is 3.24. The van der Waals surface area contributed by atoms with Gasteiger partial charge >= 0.3 is 0 Å². The molecule has 0 heterocycles. The van der Waals surface area contributed by atoms with Crippen molar-refractivity contribution in [1.82, 2.24) is 9.62 Å². The molecule has 18 heavy (non-hydrogen) atoms. The molecule has 0 aliphatic rings. The van der Waals surface area contributed by atoms with E-state index in [2.05, 4.69) is 16.5 Å². The van der Waals surface area contributed by atoms with Gasteiger partial charge in [-0.3, -0.25) is 4.79 Å². The topological polar surface area (TPSA) is 32.3 Å². The lowest BCUT2D eigenvalue weighted by atomic mass is 10.1. The lowest BCUT2D eigenvalue weighted by Crippen LogP contribution is -2.20. The van der Waals surface area contributed by atoms with Crippen LogP contribution in [-0.2, 0) is 4.79 Å². The van der Waals surface area contributed by atoms with Gasteiger partial charge in [-0.25, -0.2) is 0 Å². The maximum atomic E-state index is 11.5. The number of unbranched alkanes of at least 4 members (excludes halogenated alkanes) is 6. The number of nitrogens with one attached hydrogen (secondary N) is 1. The van der Waals surface area contributed by atoms with E-state index < -0.39 is 0 Å². The van der Waals surface area contributed by atoms with Crippen LogP contribution in [-0.4, -0.2) is 37.2 Å². The predicted molar refractivity (Wildman–Crippen MR) is 81.8 cm³/mol. The molecule has 0 saturated carbocycles. The molecule has 3 nitrogen and oxygen atoms in total. The summed E-state index contributed by atoms with van der Waals surface area (Å²) in [5.41, 5.74) is 0.